The van der Waals surface area contributed by atoms with Crippen molar-refractivity contribution in [2.75, 3.05) is 19.0 Å². The predicted octanol–water partition coefficient (Wildman–Crippen LogP) is 1.95. The number of hydrogen-bond donors (Lipinski definition) is 3. The summed E-state index contributed by atoms with van der Waals surface area (Å²) in [6, 6.07) is 13.5. The number of carbonyl (C=O) groups excluding carboxylic acids is 3. The minimum atomic E-state index is -0.529. The van der Waals surface area contributed by atoms with Crippen LogP contribution < -0.4 is 21.1 Å². The second-order valence-corrected chi connectivity index (χ2v) is 5.64. The Morgan fingerprint density at radius 1 is 1.04 bits per heavy atom. The van der Waals surface area contributed by atoms with Gasteiger partial charge in [-0.2, -0.15) is 0 Å². The van der Waals surface area contributed by atoms with Gasteiger partial charge < -0.3 is 21.1 Å². The van der Waals surface area contributed by atoms with Crippen LogP contribution in [0.3, 0.4) is 0 Å². The quantitative estimate of drug-likeness (QED) is 0.619. The lowest BCUT2D eigenvalue weighted by Crippen LogP contribution is -2.26. The highest BCUT2D eigenvalue weighted by atomic mass is 16.5. The van der Waals surface area contributed by atoms with Gasteiger partial charge in [0.1, 0.15) is 5.75 Å². The summed E-state index contributed by atoms with van der Waals surface area (Å²) in [4.78, 5) is 34.6. The maximum absolute atomic E-state index is 11.9. The summed E-state index contributed by atoms with van der Waals surface area (Å²) in [7, 11) is 1.59. The zero-order valence-electron chi connectivity index (χ0n) is 14.9. The first-order valence-corrected chi connectivity index (χ1v) is 8.27. The largest absolute Gasteiger partial charge is 0.497 e. The summed E-state index contributed by atoms with van der Waals surface area (Å²) in [5.74, 6) is -0.323. The lowest BCUT2D eigenvalue weighted by molar-refractivity contribution is -0.117. The van der Waals surface area contributed by atoms with Crippen molar-refractivity contribution in [2.45, 2.75) is 6.42 Å². The van der Waals surface area contributed by atoms with Crippen molar-refractivity contribution in [1.82, 2.24) is 5.32 Å². The normalized spacial score (nSPS) is 10.4. The molecule has 7 heteroatoms. The van der Waals surface area contributed by atoms with Crippen molar-refractivity contribution >= 4 is 29.5 Å². The monoisotopic (exact) mass is 367 g/mol. The maximum Gasteiger partial charge on any atom is 0.248 e. The van der Waals surface area contributed by atoms with Crippen LogP contribution in [0.4, 0.5) is 5.69 Å². The Kier molecular flexibility index (Phi) is 7.13. The number of anilines is 1. The molecule has 0 radical (unpaired) electrons. The van der Waals surface area contributed by atoms with Crippen molar-refractivity contribution < 1.29 is 19.1 Å². The van der Waals surface area contributed by atoms with Gasteiger partial charge in [-0.25, -0.2) is 0 Å². The molecule has 0 fully saturated rings. The fourth-order valence-electron chi connectivity index (χ4n) is 2.19. The van der Waals surface area contributed by atoms with E-state index in [9.17, 15) is 14.4 Å². The summed E-state index contributed by atoms with van der Waals surface area (Å²) in [6.07, 6.45) is 3.21. The van der Waals surface area contributed by atoms with Crippen LogP contribution in [0.2, 0.25) is 0 Å². The van der Waals surface area contributed by atoms with Crippen LogP contribution in [0.1, 0.15) is 22.3 Å². The number of amides is 3. The van der Waals surface area contributed by atoms with Crippen LogP contribution in [-0.2, 0) is 9.59 Å². The highest BCUT2D eigenvalue weighted by Gasteiger charge is 2.05. The summed E-state index contributed by atoms with van der Waals surface area (Å²) in [5, 5.41) is 5.32. The van der Waals surface area contributed by atoms with Crippen LogP contribution in [0.25, 0.3) is 6.08 Å². The molecule has 0 aliphatic carbocycles. The minimum absolute atomic E-state index is 0.125. The Morgan fingerprint density at radius 3 is 2.30 bits per heavy atom. The molecule has 0 spiro atoms. The molecular formula is C20H21N3O4. The third-order valence-electron chi connectivity index (χ3n) is 3.65. The summed E-state index contributed by atoms with van der Waals surface area (Å²) in [5.41, 5.74) is 6.94. The van der Waals surface area contributed by atoms with E-state index in [0.717, 1.165) is 11.3 Å². The molecule has 0 aliphatic rings. The lowest BCUT2D eigenvalue weighted by Gasteiger charge is -2.06. The van der Waals surface area contributed by atoms with Crippen LogP contribution in [0.15, 0.2) is 54.6 Å². The van der Waals surface area contributed by atoms with Crippen molar-refractivity contribution in [3.05, 3.63) is 65.7 Å². The molecule has 140 valence electrons. The number of rotatable bonds is 8. The van der Waals surface area contributed by atoms with Gasteiger partial charge in [-0.3, -0.25) is 14.4 Å². The van der Waals surface area contributed by atoms with Gasteiger partial charge in [0.2, 0.25) is 17.7 Å². The molecule has 3 amide bonds. The number of nitrogens with two attached hydrogens (primary N) is 1. The topological polar surface area (TPSA) is 111 Å². The van der Waals surface area contributed by atoms with Gasteiger partial charge in [0.05, 0.1) is 7.11 Å². The number of primary amides is 1. The highest BCUT2D eigenvalue weighted by molar-refractivity contribution is 5.95. The van der Waals surface area contributed by atoms with Gasteiger partial charge >= 0.3 is 0 Å². The Bertz CT molecular complexity index is 827. The molecule has 2 rings (SSSR count). The first-order chi connectivity index (χ1) is 13.0. The second kappa shape index (κ2) is 9.76. The third kappa shape index (κ3) is 6.66. The summed E-state index contributed by atoms with van der Waals surface area (Å²) >= 11 is 0. The molecule has 0 aliphatic heterocycles. The van der Waals surface area contributed by atoms with Crippen molar-refractivity contribution in [3.8, 4) is 5.75 Å². The van der Waals surface area contributed by atoms with Crippen LogP contribution in [-0.4, -0.2) is 31.4 Å². The van der Waals surface area contributed by atoms with E-state index in [4.69, 9.17) is 10.5 Å². The molecule has 27 heavy (non-hydrogen) atoms. The Hall–Kier alpha value is -3.61. The fraction of sp³-hybridized carbons (Fsp3) is 0.150. The molecule has 2 aromatic rings. The second-order valence-electron chi connectivity index (χ2n) is 5.64. The average molecular weight is 367 g/mol. The number of ether oxygens (including phenoxy) is 1. The first kappa shape index (κ1) is 19.7. The molecule has 0 atom stereocenters. The number of carbonyl (C=O) groups is 3. The van der Waals surface area contributed by atoms with E-state index in [1.807, 2.05) is 12.1 Å². The van der Waals surface area contributed by atoms with Crippen molar-refractivity contribution in [1.29, 1.82) is 0 Å². The van der Waals surface area contributed by atoms with E-state index in [1.165, 1.54) is 18.2 Å². The summed E-state index contributed by atoms with van der Waals surface area (Å²) in [6.45, 7) is 0.205. The Morgan fingerprint density at radius 2 is 1.70 bits per heavy atom. The van der Waals surface area contributed by atoms with E-state index < -0.39 is 5.91 Å². The van der Waals surface area contributed by atoms with Crippen LogP contribution >= 0.6 is 0 Å². The number of hydrogen-bond acceptors (Lipinski definition) is 4. The fourth-order valence-corrected chi connectivity index (χ4v) is 2.19. The maximum atomic E-state index is 11.9. The zero-order chi connectivity index (χ0) is 19.6. The SMILES string of the molecule is COc1ccc(/C=C/C(=O)NCCC(=O)Nc2ccc(C(N)=O)cc2)cc1. The van der Waals surface area contributed by atoms with Crippen molar-refractivity contribution in [3.63, 3.8) is 0 Å². The molecule has 0 unspecified atom stereocenters. The van der Waals surface area contributed by atoms with E-state index >= 15 is 0 Å². The lowest BCUT2D eigenvalue weighted by atomic mass is 10.2. The summed E-state index contributed by atoms with van der Waals surface area (Å²) < 4.78 is 5.07. The molecule has 0 aromatic heterocycles. The van der Waals surface area contributed by atoms with Gasteiger partial charge in [-0.1, -0.05) is 12.1 Å². The van der Waals surface area contributed by atoms with E-state index in [-0.39, 0.29) is 24.8 Å². The molecule has 0 saturated carbocycles. The van der Waals surface area contributed by atoms with Gasteiger partial charge in [0.15, 0.2) is 0 Å². The first-order valence-electron chi connectivity index (χ1n) is 8.27. The van der Waals surface area contributed by atoms with Crippen LogP contribution in [0, 0.1) is 0 Å². The van der Waals surface area contributed by atoms with E-state index in [2.05, 4.69) is 10.6 Å². The minimum Gasteiger partial charge on any atom is -0.497 e. The molecule has 7 nitrogen and oxygen atoms in total. The standard InChI is InChI=1S/C20H21N3O4/c1-27-17-9-2-14(3-10-17)4-11-18(24)22-13-12-19(25)23-16-7-5-15(6-8-16)20(21)26/h2-11H,12-13H2,1H3,(H2,21,26)(H,22,24)(H,23,25)/b11-4+. The van der Waals surface area contributed by atoms with Gasteiger partial charge in [0, 0.05) is 30.3 Å². The van der Waals surface area contributed by atoms with Gasteiger partial charge in [-0.05, 0) is 48.0 Å². The van der Waals surface area contributed by atoms with E-state index in [1.54, 1.807) is 37.5 Å². The molecule has 4 N–H and O–H groups in total. The van der Waals surface area contributed by atoms with Gasteiger partial charge in [0.25, 0.3) is 0 Å². The Balaban J connectivity index is 1.72. The third-order valence-corrected chi connectivity index (χ3v) is 3.65. The average Bonchev–Trinajstić information content (AvgIpc) is 2.67. The zero-order valence-corrected chi connectivity index (χ0v) is 14.9. The number of nitrogens with one attached hydrogen (secondary N) is 2. The predicted molar refractivity (Wildman–Crippen MR) is 103 cm³/mol. The molecule has 2 aromatic carbocycles. The van der Waals surface area contributed by atoms with Crippen LogP contribution in [0.5, 0.6) is 5.75 Å². The number of benzene rings is 2. The Labute approximate surface area is 157 Å². The molecule has 0 heterocycles. The molecular weight excluding hydrogens is 346 g/mol. The number of methoxy groups -OCH3 is 1. The molecule has 0 saturated heterocycles. The smallest absolute Gasteiger partial charge is 0.248 e. The highest BCUT2D eigenvalue weighted by Crippen LogP contribution is 2.12. The van der Waals surface area contributed by atoms with Crippen molar-refractivity contribution in [2.24, 2.45) is 5.73 Å². The van der Waals surface area contributed by atoms with Gasteiger partial charge in [-0.15, -0.1) is 0 Å². The van der Waals surface area contributed by atoms with E-state index in [0.29, 0.717) is 11.3 Å². The molecule has 0 bridgehead atoms.